The predicted molar refractivity (Wildman–Crippen MR) is 90.8 cm³/mol. The summed E-state index contributed by atoms with van der Waals surface area (Å²) in [7, 11) is 0. The molecule has 3 nitrogen and oxygen atoms in total. The third-order valence-corrected chi connectivity index (χ3v) is 4.86. The number of fused-ring (bicyclic) bond motifs is 1. The summed E-state index contributed by atoms with van der Waals surface area (Å²) >= 11 is 7.90. The maximum atomic E-state index is 6.22. The number of aromatic nitrogens is 2. The first-order chi connectivity index (χ1) is 10.2. The molecule has 0 aliphatic rings. The standard InChI is InChI=1S/C16H16ClN3S/c1-2-20-15-6-4-3-5-12(15)14(19-20)10-21-16-8-7-11(18)9-13(16)17/h3-9H,2,10,18H2,1H3. The molecular formula is C16H16ClN3S. The molecule has 21 heavy (non-hydrogen) atoms. The highest BCUT2D eigenvalue weighted by Gasteiger charge is 2.10. The van der Waals surface area contributed by atoms with Gasteiger partial charge in [-0.2, -0.15) is 5.10 Å². The normalized spacial score (nSPS) is 11.1. The van der Waals surface area contributed by atoms with Gasteiger partial charge in [0, 0.05) is 28.3 Å². The number of hydrogen-bond acceptors (Lipinski definition) is 3. The number of nitrogen functional groups attached to an aromatic ring is 1. The van der Waals surface area contributed by atoms with Crippen molar-refractivity contribution in [2.45, 2.75) is 24.1 Å². The van der Waals surface area contributed by atoms with Gasteiger partial charge >= 0.3 is 0 Å². The van der Waals surface area contributed by atoms with Crippen molar-refractivity contribution in [2.24, 2.45) is 0 Å². The van der Waals surface area contributed by atoms with E-state index in [-0.39, 0.29) is 0 Å². The monoisotopic (exact) mass is 317 g/mol. The van der Waals surface area contributed by atoms with Crippen LogP contribution in [-0.4, -0.2) is 9.78 Å². The molecule has 0 radical (unpaired) electrons. The van der Waals surface area contributed by atoms with Crippen LogP contribution in [-0.2, 0) is 12.3 Å². The highest BCUT2D eigenvalue weighted by Crippen LogP contribution is 2.32. The van der Waals surface area contributed by atoms with Crippen molar-refractivity contribution in [2.75, 3.05) is 5.73 Å². The van der Waals surface area contributed by atoms with Crippen molar-refractivity contribution in [3.63, 3.8) is 0 Å². The average molecular weight is 318 g/mol. The van der Waals surface area contributed by atoms with Crippen molar-refractivity contribution in [1.29, 1.82) is 0 Å². The Morgan fingerprint density at radius 2 is 2.05 bits per heavy atom. The molecule has 0 atom stereocenters. The molecule has 2 N–H and O–H groups in total. The summed E-state index contributed by atoms with van der Waals surface area (Å²) < 4.78 is 2.04. The summed E-state index contributed by atoms with van der Waals surface area (Å²) in [6, 6.07) is 13.9. The molecule has 1 aromatic heterocycles. The Balaban J connectivity index is 1.88. The zero-order valence-corrected chi connectivity index (χ0v) is 13.3. The molecule has 0 aliphatic carbocycles. The van der Waals surface area contributed by atoms with Gasteiger partial charge < -0.3 is 5.73 Å². The lowest BCUT2D eigenvalue weighted by molar-refractivity contribution is 0.675. The number of aryl methyl sites for hydroxylation is 1. The van der Waals surface area contributed by atoms with Gasteiger partial charge in [-0.1, -0.05) is 29.8 Å². The Morgan fingerprint density at radius 3 is 2.81 bits per heavy atom. The summed E-state index contributed by atoms with van der Waals surface area (Å²) in [5.41, 5.74) is 8.67. The molecule has 3 rings (SSSR count). The van der Waals surface area contributed by atoms with Crippen LogP contribution >= 0.6 is 23.4 Å². The minimum atomic E-state index is 0.685. The van der Waals surface area contributed by atoms with Crippen LogP contribution in [0.3, 0.4) is 0 Å². The van der Waals surface area contributed by atoms with E-state index in [1.54, 1.807) is 17.8 Å². The zero-order chi connectivity index (χ0) is 14.8. The Morgan fingerprint density at radius 1 is 1.24 bits per heavy atom. The van der Waals surface area contributed by atoms with Gasteiger partial charge in [-0.25, -0.2) is 0 Å². The van der Waals surface area contributed by atoms with Crippen LogP contribution in [0.2, 0.25) is 5.02 Å². The number of nitrogens with zero attached hydrogens (tertiary/aromatic N) is 2. The average Bonchev–Trinajstić information content (AvgIpc) is 2.85. The second kappa shape index (κ2) is 6.00. The van der Waals surface area contributed by atoms with E-state index in [9.17, 15) is 0 Å². The van der Waals surface area contributed by atoms with Crippen molar-refractivity contribution < 1.29 is 0 Å². The Kier molecular flexibility index (Phi) is 4.08. The van der Waals surface area contributed by atoms with Gasteiger partial charge in [-0.05, 0) is 31.2 Å². The summed E-state index contributed by atoms with van der Waals surface area (Å²) in [4.78, 5) is 1.03. The SMILES string of the molecule is CCn1nc(CSc2ccc(N)cc2Cl)c2ccccc21. The number of hydrogen-bond donors (Lipinski definition) is 1. The number of anilines is 1. The van der Waals surface area contributed by atoms with Crippen LogP contribution < -0.4 is 5.73 Å². The van der Waals surface area contributed by atoms with E-state index in [2.05, 4.69) is 19.1 Å². The van der Waals surface area contributed by atoms with Crippen LogP contribution in [0, 0.1) is 0 Å². The Hall–Kier alpha value is -1.65. The summed E-state index contributed by atoms with van der Waals surface area (Å²) in [5.74, 6) is 0.789. The van der Waals surface area contributed by atoms with Crippen LogP contribution in [0.4, 0.5) is 5.69 Å². The highest BCUT2D eigenvalue weighted by atomic mass is 35.5. The van der Waals surface area contributed by atoms with E-state index in [1.807, 2.05) is 28.9 Å². The lowest BCUT2D eigenvalue weighted by Gasteiger charge is -2.04. The first-order valence-electron chi connectivity index (χ1n) is 6.81. The third kappa shape index (κ3) is 2.87. The summed E-state index contributed by atoms with van der Waals surface area (Å²) in [6.45, 7) is 2.97. The molecule has 0 saturated carbocycles. The van der Waals surface area contributed by atoms with E-state index in [1.165, 1.54) is 10.9 Å². The molecule has 5 heteroatoms. The molecule has 0 fully saturated rings. The van der Waals surface area contributed by atoms with Gasteiger partial charge in [-0.15, -0.1) is 11.8 Å². The van der Waals surface area contributed by atoms with Gasteiger partial charge in [0.05, 0.1) is 16.2 Å². The first kappa shape index (κ1) is 14.3. The maximum absolute atomic E-state index is 6.22. The van der Waals surface area contributed by atoms with E-state index in [0.29, 0.717) is 10.7 Å². The Bertz CT molecular complexity index is 782. The lowest BCUT2D eigenvalue weighted by atomic mass is 10.2. The topological polar surface area (TPSA) is 43.8 Å². The van der Waals surface area contributed by atoms with Gasteiger partial charge in [0.1, 0.15) is 0 Å². The fourth-order valence-corrected chi connectivity index (χ4v) is 3.54. The van der Waals surface area contributed by atoms with Crippen molar-refractivity contribution >= 4 is 40.0 Å². The summed E-state index contributed by atoms with van der Waals surface area (Å²) in [5, 5.41) is 6.60. The van der Waals surface area contributed by atoms with Crippen molar-refractivity contribution in [3.05, 3.63) is 53.2 Å². The quantitative estimate of drug-likeness (QED) is 0.565. The highest BCUT2D eigenvalue weighted by molar-refractivity contribution is 7.98. The molecule has 0 amide bonds. The molecule has 108 valence electrons. The molecule has 0 unspecified atom stereocenters. The van der Waals surface area contributed by atoms with Gasteiger partial charge in [0.25, 0.3) is 0 Å². The molecule has 1 heterocycles. The van der Waals surface area contributed by atoms with Crippen LogP contribution in [0.25, 0.3) is 10.9 Å². The van der Waals surface area contributed by atoms with Crippen molar-refractivity contribution in [3.8, 4) is 0 Å². The zero-order valence-electron chi connectivity index (χ0n) is 11.7. The molecule has 3 aromatic rings. The number of nitrogens with two attached hydrogens (primary N) is 1. The first-order valence-corrected chi connectivity index (χ1v) is 8.17. The minimum absolute atomic E-state index is 0.685. The minimum Gasteiger partial charge on any atom is -0.399 e. The largest absolute Gasteiger partial charge is 0.399 e. The van der Waals surface area contributed by atoms with E-state index < -0.39 is 0 Å². The smallest absolute Gasteiger partial charge is 0.0805 e. The number of halogens is 1. The van der Waals surface area contributed by atoms with Crippen LogP contribution in [0.5, 0.6) is 0 Å². The maximum Gasteiger partial charge on any atom is 0.0805 e. The molecule has 0 spiro atoms. The van der Waals surface area contributed by atoms with E-state index >= 15 is 0 Å². The fraction of sp³-hybridized carbons (Fsp3) is 0.188. The molecule has 0 saturated heterocycles. The van der Waals surface area contributed by atoms with E-state index in [4.69, 9.17) is 22.4 Å². The third-order valence-electron chi connectivity index (χ3n) is 3.35. The van der Waals surface area contributed by atoms with Crippen LogP contribution in [0.15, 0.2) is 47.4 Å². The number of benzene rings is 2. The van der Waals surface area contributed by atoms with Crippen molar-refractivity contribution in [1.82, 2.24) is 9.78 Å². The molecular weight excluding hydrogens is 302 g/mol. The fourth-order valence-electron chi connectivity index (χ4n) is 2.32. The molecule has 2 aromatic carbocycles. The summed E-state index contributed by atoms with van der Waals surface area (Å²) in [6.07, 6.45) is 0. The van der Waals surface area contributed by atoms with E-state index in [0.717, 1.165) is 22.9 Å². The lowest BCUT2D eigenvalue weighted by Crippen LogP contribution is -1.96. The van der Waals surface area contributed by atoms with Gasteiger partial charge in [0.15, 0.2) is 0 Å². The van der Waals surface area contributed by atoms with Crippen LogP contribution in [0.1, 0.15) is 12.6 Å². The van der Waals surface area contributed by atoms with Gasteiger partial charge in [-0.3, -0.25) is 4.68 Å². The Labute approximate surface area is 133 Å². The molecule has 0 aliphatic heterocycles. The second-order valence-electron chi connectivity index (χ2n) is 4.76. The number of thioether (sulfide) groups is 1. The number of para-hydroxylation sites is 1. The second-order valence-corrected chi connectivity index (χ2v) is 6.18. The number of rotatable bonds is 4. The predicted octanol–water partition coefficient (Wildman–Crippen LogP) is 4.58. The molecule has 0 bridgehead atoms. The van der Waals surface area contributed by atoms with Gasteiger partial charge in [0.2, 0.25) is 0 Å².